The fourth-order valence-corrected chi connectivity index (χ4v) is 2.30. The van der Waals surface area contributed by atoms with Crippen LogP contribution in [0.2, 0.25) is 0 Å². The molecule has 0 atom stereocenters. The highest BCUT2D eigenvalue weighted by atomic mass is 16.5. The number of carbonyl (C=O) groups excluding carboxylic acids is 1. The lowest BCUT2D eigenvalue weighted by molar-refractivity contribution is 0.102. The number of pyridine rings is 2. The second-order valence-corrected chi connectivity index (χ2v) is 5.52. The number of nitrogens with zero attached hydrogens (tertiary/aromatic N) is 1. The van der Waals surface area contributed by atoms with Gasteiger partial charge in [-0.25, -0.2) is 0 Å². The topological polar surface area (TPSA) is 84.1 Å². The zero-order valence-electron chi connectivity index (χ0n) is 13.7. The molecule has 0 radical (unpaired) electrons. The number of nitrogens with one attached hydrogen (secondary N) is 2. The van der Waals surface area contributed by atoms with E-state index in [9.17, 15) is 9.59 Å². The van der Waals surface area contributed by atoms with Gasteiger partial charge in [-0.2, -0.15) is 0 Å². The third-order valence-corrected chi connectivity index (χ3v) is 3.64. The van der Waals surface area contributed by atoms with Crippen LogP contribution in [-0.2, 0) is 6.61 Å². The molecule has 2 aromatic heterocycles. The van der Waals surface area contributed by atoms with Crippen LogP contribution in [0.15, 0.2) is 65.8 Å². The van der Waals surface area contributed by atoms with Crippen LogP contribution in [0.4, 0.5) is 5.69 Å². The standard InChI is InChI=1S/C19H17N3O3/c1-13-10-18(23)21-11-17(13)19(24)22-15-2-4-16(5-3-15)25-12-14-6-8-20-9-7-14/h2-11H,12H2,1H3,(H,21,23)(H,22,24). The van der Waals surface area contributed by atoms with Crippen LogP contribution in [0, 0.1) is 6.92 Å². The average Bonchev–Trinajstić information content (AvgIpc) is 2.62. The summed E-state index contributed by atoms with van der Waals surface area (Å²) >= 11 is 0. The maximum atomic E-state index is 12.3. The summed E-state index contributed by atoms with van der Waals surface area (Å²) in [6.45, 7) is 2.17. The minimum absolute atomic E-state index is 0.232. The van der Waals surface area contributed by atoms with Gasteiger partial charge in [0.1, 0.15) is 12.4 Å². The molecule has 1 amide bonds. The molecular weight excluding hydrogens is 318 g/mol. The van der Waals surface area contributed by atoms with E-state index in [1.165, 1.54) is 12.3 Å². The van der Waals surface area contributed by atoms with E-state index in [1.54, 1.807) is 43.6 Å². The Morgan fingerprint density at radius 1 is 1.16 bits per heavy atom. The first-order chi connectivity index (χ1) is 12.1. The van der Waals surface area contributed by atoms with Gasteiger partial charge in [0, 0.05) is 30.3 Å². The Balaban J connectivity index is 1.62. The number of aromatic nitrogens is 2. The number of hydrogen-bond acceptors (Lipinski definition) is 4. The number of hydrogen-bond donors (Lipinski definition) is 2. The van der Waals surface area contributed by atoms with E-state index in [2.05, 4.69) is 15.3 Å². The monoisotopic (exact) mass is 335 g/mol. The predicted molar refractivity (Wildman–Crippen MR) is 94.8 cm³/mol. The van der Waals surface area contributed by atoms with Crippen molar-refractivity contribution in [1.29, 1.82) is 0 Å². The van der Waals surface area contributed by atoms with E-state index in [1.807, 2.05) is 12.1 Å². The number of carbonyl (C=O) groups is 1. The van der Waals surface area contributed by atoms with Gasteiger partial charge in [-0.3, -0.25) is 14.6 Å². The summed E-state index contributed by atoms with van der Waals surface area (Å²) in [4.78, 5) is 30.0. The Hall–Kier alpha value is -3.41. The fraction of sp³-hybridized carbons (Fsp3) is 0.105. The molecule has 0 fully saturated rings. The summed E-state index contributed by atoms with van der Waals surface area (Å²) in [7, 11) is 0. The van der Waals surface area contributed by atoms with Crippen molar-refractivity contribution in [3.63, 3.8) is 0 Å². The number of aromatic amines is 1. The van der Waals surface area contributed by atoms with Gasteiger partial charge in [0.15, 0.2) is 0 Å². The first kappa shape index (κ1) is 16.4. The van der Waals surface area contributed by atoms with Crippen LogP contribution in [0.5, 0.6) is 5.75 Å². The number of rotatable bonds is 5. The highest BCUT2D eigenvalue weighted by molar-refractivity contribution is 6.05. The normalized spacial score (nSPS) is 10.3. The molecule has 2 heterocycles. The van der Waals surface area contributed by atoms with E-state index in [-0.39, 0.29) is 11.5 Å². The van der Waals surface area contributed by atoms with Crippen molar-refractivity contribution < 1.29 is 9.53 Å². The second kappa shape index (κ2) is 7.44. The van der Waals surface area contributed by atoms with Crippen molar-refractivity contribution >= 4 is 11.6 Å². The number of aryl methyl sites for hydroxylation is 1. The van der Waals surface area contributed by atoms with Crippen molar-refractivity contribution in [2.45, 2.75) is 13.5 Å². The summed E-state index contributed by atoms with van der Waals surface area (Å²) < 4.78 is 5.69. The summed E-state index contributed by atoms with van der Waals surface area (Å²) in [6, 6.07) is 12.3. The van der Waals surface area contributed by atoms with Crippen LogP contribution in [0.3, 0.4) is 0 Å². The summed E-state index contributed by atoms with van der Waals surface area (Å²) in [5.74, 6) is 0.425. The second-order valence-electron chi connectivity index (χ2n) is 5.52. The Morgan fingerprint density at radius 3 is 2.56 bits per heavy atom. The largest absolute Gasteiger partial charge is 0.489 e. The summed E-state index contributed by atoms with van der Waals surface area (Å²) in [6.07, 6.45) is 4.85. The number of H-pyrrole nitrogens is 1. The Morgan fingerprint density at radius 2 is 1.88 bits per heavy atom. The highest BCUT2D eigenvalue weighted by Gasteiger charge is 2.09. The molecule has 0 unspecified atom stereocenters. The molecule has 0 bridgehead atoms. The number of ether oxygens (including phenoxy) is 1. The van der Waals surface area contributed by atoms with Crippen LogP contribution >= 0.6 is 0 Å². The smallest absolute Gasteiger partial charge is 0.257 e. The molecule has 3 aromatic rings. The van der Waals surface area contributed by atoms with E-state index >= 15 is 0 Å². The SMILES string of the molecule is Cc1cc(=O)[nH]cc1C(=O)Nc1ccc(OCc2ccncc2)cc1. The van der Waals surface area contributed by atoms with Crippen LogP contribution < -0.4 is 15.6 Å². The van der Waals surface area contributed by atoms with Gasteiger partial charge in [0.25, 0.3) is 5.91 Å². The van der Waals surface area contributed by atoms with E-state index in [4.69, 9.17) is 4.74 Å². The number of anilines is 1. The molecule has 126 valence electrons. The molecular formula is C19H17N3O3. The quantitative estimate of drug-likeness (QED) is 0.751. The molecule has 25 heavy (non-hydrogen) atoms. The third-order valence-electron chi connectivity index (χ3n) is 3.64. The maximum Gasteiger partial charge on any atom is 0.257 e. The molecule has 6 nitrogen and oxygen atoms in total. The van der Waals surface area contributed by atoms with Crippen molar-refractivity contribution in [3.05, 3.63) is 88.1 Å². The third kappa shape index (κ3) is 4.32. The number of amides is 1. The molecule has 2 N–H and O–H groups in total. The van der Waals surface area contributed by atoms with Crippen molar-refractivity contribution in [2.24, 2.45) is 0 Å². The van der Waals surface area contributed by atoms with Gasteiger partial charge < -0.3 is 15.0 Å². The zero-order valence-corrected chi connectivity index (χ0v) is 13.7. The predicted octanol–water partition coefficient (Wildman–Crippen LogP) is 2.91. The van der Waals surface area contributed by atoms with E-state index < -0.39 is 0 Å². The van der Waals surface area contributed by atoms with Crippen LogP contribution in [0.1, 0.15) is 21.5 Å². The van der Waals surface area contributed by atoms with E-state index in [0.29, 0.717) is 29.2 Å². The van der Waals surface area contributed by atoms with Gasteiger partial charge >= 0.3 is 0 Å². The molecule has 0 aliphatic carbocycles. The van der Waals surface area contributed by atoms with Gasteiger partial charge in [0.2, 0.25) is 5.56 Å². The molecule has 0 aliphatic rings. The summed E-state index contributed by atoms with van der Waals surface area (Å²) in [5, 5.41) is 2.79. The Labute approximate surface area is 144 Å². The summed E-state index contributed by atoms with van der Waals surface area (Å²) in [5.41, 5.74) is 2.49. The molecule has 3 rings (SSSR count). The average molecular weight is 335 g/mol. The lowest BCUT2D eigenvalue weighted by Crippen LogP contribution is -2.16. The minimum atomic E-state index is -0.279. The first-order valence-electron chi connectivity index (χ1n) is 7.74. The van der Waals surface area contributed by atoms with Crippen molar-refractivity contribution in [2.75, 3.05) is 5.32 Å². The molecule has 0 aliphatic heterocycles. The molecule has 0 spiro atoms. The van der Waals surface area contributed by atoms with Gasteiger partial charge in [0.05, 0.1) is 5.56 Å². The van der Waals surface area contributed by atoms with E-state index in [0.717, 1.165) is 5.56 Å². The molecule has 6 heteroatoms. The lowest BCUT2D eigenvalue weighted by atomic mass is 10.1. The number of benzene rings is 1. The molecule has 0 saturated carbocycles. The van der Waals surface area contributed by atoms with Crippen molar-refractivity contribution in [3.8, 4) is 5.75 Å². The fourth-order valence-electron chi connectivity index (χ4n) is 2.30. The van der Waals surface area contributed by atoms with Gasteiger partial charge in [-0.1, -0.05) is 0 Å². The first-order valence-corrected chi connectivity index (χ1v) is 7.74. The Bertz CT molecular complexity index is 919. The molecule has 1 aromatic carbocycles. The van der Waals surface area contributed by atoms with Crippen LogP contribution in [0.25, 0.3) is 0 Å². The van der Waals surface area contributed by atoms with Crippen molar-refractivity contribution in [1.82, 2.24) is 9.97 Å². The van der Waals surface area contributed by atoms with Crippen LogP contribution in [-0.4, -0.2) is 15.9 Å². The van der Waals surface area contributed by atoms with Gasteiger partial charge in [-0.05, 0) is 54.4 Å². The highest BCUT2D eigenvalue weighted by Crippen LogP contribution is 2.18. The Kier molecular flexibility index (Phi) is 4.89. The lowest BCUT2D eigenvalue weighted by Gasteiger charge is -2.09. The molecule has 0 saturated heterocycles. The minimum Gasteiger partial charge on any atom is -0.489 e. The zero-order chi connectivity index (χ0) is 17.6. The van der Waals surface area contributed by atoms with Gasteiger partial charge in [-0.15, -0.1) is 0 Å². The maximum absolute atomic E-state index is 12.3.